The van der Waals surface area contributed by atoms with Crippen molar-refractivity contribution in [1.29, 1.82) is 0 Å². The number of nitrogens with one attached hydrogen (secondary N) is 2. The van der Waals surface area contributed by atoms with Gasteiger partial charge in [0, 0.05) is 37.1 Å². The van der Waals surface area contributed by atoms with E-state index in [2.05, 4.69) is 37.8 Å². The van der Waals surface area contributed by atoms with Crippen molar-refractivity contribution >= 4 is 23.1 Å². The van der Waals surface area contributed by atoms with Crippen molar-refractivity contribution in [1.82, 2.24) is 20.2 Å². The van der Waals surface area contributed by atoms with Crippen LogP contribution in [0, 0.1) is 6.92 Å². The second-order valence-electron chi connectivity index (χ2n) is 7.34. The summed E-state index contributed by atoms with van der Waals surface area (Å²) in [7, 11) is 0. The number of carbonyl (C=O) groups is 1. The normalized spacial score (nSPS) is 18.2. The van der Waals surface area contributed by atoms with Crippen molar-refractivity contribution in [3.8, 4) is 0 Å². The molecule has 2 aliphatic rings. The van der Waals surface area contributed by atoms with Crippen LogP contribution in [0.2, 0.25) is 0 Å². The zero-order chi connectivity index (χ0) is 19.5. The fourth-order valence-electron chi connectivity index (χ4n) is 3.41. The van der Waals surface area contributed by atoms with Crippen LogP contribution < -0.4 is 10.6 Å². The Labute approximate surface area is 167 Å². The van der Waals surface area contributed by atoms with E-state index in [1.54, 1.807) is 6.07 Å². The summed E-state index contributed by atoms with van der Waals surface area (Å²) in [4.78, 5) is 24.2. The molecule has 150 valence electrons. The number of aliphatic hydroxyl groups excluding tert-OH is 1. The summed E-state index contributed by atoms with van der Waals surface area (Å²) in [5.74, 6) is 0.285. The molecule has 28 heavy (non-hydrogen) atoms. The number of amides is 1. The van der Waals surface area contributed by atoms with Gasteiger partial charge < -0.3 is 20.5 Å². The molecular weight excluding hydrogens is 378 g/mol. The molecule has 0 saturated carbocycles. The highest BCUT2D eigenvalue weighted by atomic mass is 32.1. The van der Waals surface area contributed by atoms with Gasteiger partial charge >= 0.3 is 0 Å². The molecule has 0 aromatic carbocycles. The van der Waals surface area contributed by atoms with Gasteiger partial charge in [0.1, 0.15) is 17.8 Å². The fourth-order valence-corrected chi connectivity index (χ4v) is 4.45. The lowest BCUT2D eigenvalue weighted by Crippen LogP contribution is -2.42. The Morgan fingerprint density at radius 2 is 2.32 bits per heavy atom. The molecule has 4 rings (SSSR count). The number of ether oxygens (including phenoxy) is 1. The first-order valence-electron chi connectivity index (χ1n) is 9.49. The molecule has 1 unspecified atom stereocenters. The average molecular weight is 404 g/mol. The SMILES string of the molecule is Cc1csc2c1CN(CC(O)CNC(=O)c1cc(NC3COC3)ncn1)CC2. The van der Waals surface area contributed by atoms with E-state index in [1.807, 2.05) is 11.3 Å². The molecule has 3 N–H and O–H groups in total. The van der Waals surface area contributed by atoms with Crippen molar-refractivity contribution in [3.63, 3.8) is 0 Å². The van der Waals surface area contributed by atoms with Crippen LogP contribution in [0.4, 0.5) is 5.82 Å². The second-order valence-corrected chi connectivity index (χ2v) is 8.30. The Morgan fingerprint density at radius 1 is 1.46 bits per heavy atom. The monoisotopic (exact) mass is 403 g/mol. The van der Waals surface area contributed by atoms with Crippen LogP contribution in [0.1, 0.15) is 26.5 Å². The summed E-state index contributed by atoms with van der Waals surface area (Å²) in [6, 6.07) is 1.84. The van der Waals surface area contributed by atoms with Crippen LogP contribution in [0.25, 0.3) is 0 Å². The van der Waals surface area contributed by atoms with Gasteiger partial charge in [-0.05, 0) is 29.9 Å². The van der Waals surface area contributed by atoms with Crippen molar-refractivity contribution < 1.29 is 14.6 Å². The molecular formula is C19H25N5O3S. The number of anilines is 1. The predicted octanol–water partition coefficient (Wildman–Crippen LogP) is 0.806. The molecule has 9 heteroatoms. The summed E-state index contributed by atoms with van der Waals surface area (Å²) in [6.45, 7) is 5.94. The number of aryl methyl sites for hydroxylation is 1. The zero-order valence-corrected chi connectivity index (χ0v) is 16.7. The minimum atomic E-state index is -0.629. The smallest absolute Gasteiger partial charge is 0.270 e. The molecule has 1 amide bonds. The Morgan fingerprint density at radius 3 is 3.11 bits per heavy atom. The minimum Gasteiger partial charge on any atom is -0.390 e. The van der Waals surface area contributed by atoms with Gasteiger partial charge in [0.2, 0.25) is 0 Å². The molecule has 2 aliphatic heterocycles. The van der Waals surface area contributed by atoms with Crippen LogP contribution >= 0.6 is 11.3 Å². The van der Waals surface area contributed by atoms with Crippen LogP contribution in [0.3, 0.4) is 0 Å². The van der Waals surface area contributed by atoms with Crippen LogP contribution in [-0.2, 0) is 17.7 Å². The summed E-state index contributed by atoms with van der Waals surface area (Å²) in [5, 5.41) is 18.5. The van der Waals surface area contributed by atoms with E-state index < -0.39 is 6.10 Å². The molecule has 0 bridgehead atoms. The summed E-state index contributed by atoms with van der Waals surface area (Å²) in [6.07, 6.45) is 1.76. The molecule has 1 fully saturated rings. The second kappa shape index (κ2) is 8.52. The highest BCUT2D eigenvalue weighted by Crippen LogP contribution is 2.27. The Hall–Kier alpha value is -2.07. The quantitative estimate of drug-likeness (QED) is 0.629. The topological polar surface area (TPSA) is 99.6 Å². The van der Waals surface area contributed by atoms with Crippen molar-refractivity contribution in [2.45, 2.75) is 32.0 Å². The molecule has 1 saturated heterocycles. The van der Waals surface area contributed by atoms with Crippen LogP contribution in [-0.4, -0.2) is 70.9 Å². The van der Waals surface area contributed by atoms with Gasteiger partial charge in [-0.2, -0.15) is 0 Å². The average Bonchev–Trinajstić information content (AvgIpc) is 3.03. The number of rotatable bonds is 7. The third kappa shape index (κ3) is 4.49. The Balaban J connectivity index is 1.25. The number of aliphatic hydroxyl groups is 1. The van der Waals surface area contributed by atoms with E-state index in [1.165, 1.54) is 22.3 Å². The van der Waals surface area contributed by atoms with Gasteiger partial charge in [-0.1, -0.05) is 0 Å². The molecule has 2 aromatic heterocycles. The van der Waals surface area contributed by atoms with Gasteiger partial charge in [-0.15, -0.1) is 11.3 Å². The van der Waals surface area contributed by atoms with Crippen molar-refractivity contribution in [2.75, 3.05) is 38.2 Å². The number of carbonyl (C=O) groups excluding carboxylic acids is 1. The maximum atomic E-state index is 12.4. The number of fused-ring (bicyclic) bond motifs is 1. The molecule has 2 aromatic rings. The van der Waals surface area contributed by atoms with E-state index in [0.29, 0.717) is 25.6 Å². The number of thiophene rings is 1. The van der Waals surface area contributed by atoms with E-state index in [-0.39, 0.29) is 24.2 Å². The van der Waals surface area contributed by atoms with Gasteiger partial charge in [-0.3, -0.25) is 9.69 Å². The first-order chi connectivity index (χ1) is 13.6. The first kappa shape index (κ1) is 19.3. The molecule has 8 nitrogen and oxygen atoms in total. The van der Waals surface area contributed by atoms with Crippen molar-refractivity contribution in [2.24, 2.45) is 0 Å². The molecule has 4 heterocycles. The highest BCUT2D eigenvalue weighted by Gasteiger charge is 2.22. The predicted molar refractivity (Wildman–Crippen MR) is 107 cm³/mol. The van der Waals surface area contributed by atoms with Gasteiger partial charge in [0.15, 0.2) is 0 Å². The number of nitrogens with zero attached hydrogens (tertiary/aromatic N) is 3. The third-order valence-corrected chi connectivity index (χ3v) is 6.29. The van der Waals surface area contributed by atoms with E-state index in [4.69, 9.17) is 4.74 Å². The van der Waals surface area contributed by atoms with Crippen LogP contribution in [0.15, 0.2) is 17.8 Å². The Bertz CT molecular complexity index is 839. The lowest BCUT2D eigenvalue weighted by atomic mass is 10.1. The molecule has 0 spiro atoms. The van der Waals surface area contributed by atoms with Gasteiger partial charge in [0.25, 0.3) is 5.91 Å². The van der Waals surface area contributed by atoms with E-state index >= 15 is 0 Å². The lowest BCUT2D eigenvalue weighted by molar-refractivity contribution is 0.0209. The zero-order valence-electron chi connectivity index (χ0n) is 15.9. The maximum absolute atomic E-state index is 12.4. The minimum absolute atomic E-state index is 0.189. The summed E-state index contributed by atoms with van der Waals surface area (Å²) >= 11 is 1.82. The number of aromatic nitrogens is 2. The number of hydrogen-bond donors (Lipinski definition) is 3. The Kier molecular flexibility index (Phi) is 5.86. The maximum Gasteiger partial charge on any atom is 0.270 e. The molecule has 0 aliphatic carbocycles. The molecule has 1 atom stereocenters. The van der Waals surface area contributed by atoms with Gasteiger partial charge in [-0.25, -0.2) is 9.97 Å². The van der Waals surface area contributed by atoms with Crippen molar-refractivity contribution in [3.05, 3.63) is 39.5 Å². The largest absolute Gasteiger partial charge is 0.390 e. The van der Waals surface area contributed by atoms with Crippen LogP contribution in [0.5, 0.6) is 0 Å². The summed E-state index contributed by atoms with van der Waals surface area (Å²) in [5.41, 5.74) is 3.00. The fraction of sp³-hybridized carbons (Fsp3) is 0.526. The lowest BCUT2D eigenvalue weighted by Gasteiger charge is -2.29. The first-order valence-corrected chi connectivity index (χ1v) is 10.4. The number of β-amino-alcohol motifs (C(OH)–C–C–N with tert-alkyl or cyclic N) is 1. The van der Waals surface area contributed by atoms with E-state index in [0.717, 1.165) is 19.5 Å². The van der Waals surface area contributed by atoms with E-state index in [9.17, 15) is 9.90 Å². The summed E-state index contributed by atoms with van der Waals surface area (Å²) < 4.78 is 5.12. The standard InChI is InChI=1S/C19H25N5O3S/c1-12-10-28-17-2-3-24(7-15(12)17)6-14(25)5-20-19(26)16-4-18(22-11-21-16)23-13-8-27-9-13/h4,10-11,13-14,25H,2-3,5-9H2,1H3,(H,20,26)(H,21,22,23). The number of hydrogen-bond acceptors (Lipinski definition) is 8. The van der Waals surface area contributed by atoms with Gasteiger partial charge in [0.05, 0.1) is 25.4 Å². The highest BCUT2D eigenvalue weighted by molar-refractivity contribution is 7.10. The molecule has 0 radical (unpaired) electrons. The third-order valence-electron chi connectivity index (χ3n) is 5.08.